The number of nitrogens with zero attached hydrogens (tertiary/aromatic N) is 2. The summed E-state index contributed by atoms with van der Waals surface area (Å²) in [6.07, 6.45) is 2.37. The van der Waals surface area contributed by atoms with Crippen molar-refractivity contribution in [3.63, 3.8) is 0 Å². The zero-order valence-corrected chi connectivity index (χ0v) is 30.6. The predicted molar refractivity (Wildman–Crippen MR) is 193 cm³/mol. The van der Waals surface area contributed by atoms with Crippen LogP contribution < -0.4 is 10.6 Å². The number of halogens is 3. The Morgan fingerprint density at radius 2 is 1.50 bits per heavy atom. The molecule has 1 heterocycles. The van der Waals surface area contributed by atoms with Crippen molar-refractivity contribution in [2.75, 3.05) is 32.7 Å². The number of aliphatic hydroxyl groups is 1. The van der Waals surface area contributed by atoms with E-state index in [0.717, 1.165) is 35.7 Å². The van der Waals surface area contributed by atoms with Crippen LogP contribution in [0.3, 0.4) is 0 Å². The molecule has 50 heavy (non-hydrogen) atoms. The summed E-state index contributed by atoms with van der Waals surface area (Å²) in [7, 11) is -4.01. The zero-order chi connectivity index (χ0) is 35.6. The Labute approximate surface area is 300 Å². The number of carbonyl (C=O) groups excluding carboxylic acids is 2. The number of benzene rings is 3. The highest BCUT2D eigenvalue weighted by Crippen LogP contribution is 2.25. The summed E-state index contributed by atoms with van der Waals surface area (Å²) >= 11 is 0. The third kappa shape index (κ3) is 11.0. The van der Waals surface area contributed by atoms with Crippen LogP contribution in [0.1, 0.15) is 83.9 Å². The summed E-state index contributed by atoms with van der Waals surface area (Å²) in [6.45, 7) is 8.02. The molecule has 0 bridgehead atoms. The van der Waals surface area contributed by atoms with Crippen LogP contribution in [0.25, 0.3) is 0 Å². The lowest BCUT2D eigenvalue weighted by Gasteiger charge is -2.26. The first-order valence-corrected chi connectivity index (χ1v) is 18.6. The minimum absolute atomic E-state index is 0. The molecule has 4 rings (SSSR count). The molecule has 3 aromatic rings. The first kappa shape index (κ1) is 41.0. The lowest BCUT2D eigenvalue weighted by Crippen LogP contribution is -2.48. The molecule has 13 heteroatoms. The first-order chi connectivity index (χ1) is 23.4. The number of carbonyl (C=O) groups is 2. The molecule has 1 saturated heterocycles. The molecule has 274 valence electrons. The number of aryl methyl sites for hydroxylation is 1. The van der Waals surface area contributed by atoms with Crippen molar-refractivity contribution in [1.29, 1.82) is 0 Å². The Balaban J connectivity index is 0.00000676. The Bertz CT molecular complexity index is 1680. The van der Waals surface area contributed by atoms with E-state index in [4.69, 9.17) is 0 Å². The molecular formula is C37H49ClF2N4O5S. The van der Waals surface area contributed by atoms with Gasteiger partial charge in [0.25, 0.3) is 11.8 Å². The maximum absolute atomic E-state index is 14.1. The monoisotopic (exact) mass is 734 g/mol. The average Bonchev–Trinajstić information content (AvgIpc) is 3.63. The molecule has 1 aliphatic rings. The van der Waals surface area contributed by atoms with E-state index in [1.807, 2.05) is 32.0 Å². The van der Waals surface area contributed by atoms with Crippen molar-refractivity contribution in [3.05, 3.63) is 100 Å². The van der Waals surface area contributed by atoms with Gasteiger partial charge in [-0.15, -0.1) is 12.4 Å². The zero-order valence-electron chi connectivity index (χ0n) is 29.0. The molecule has 0 aromatic heterocycles. The Morgan fingerprint density at radius 1 is 0.880 bits per heavy atom. The molecule has 0 spiro atoms. The van der Waals surface area contributed by atoms with Gasteiger partial charge in [0.2, 0.25) is 10.0 Å². The molecule has 2 atom stereocenters. The number of nitrogens with one attached hydrogen (secondary N) is 2. The number of sulfonamides is 1. The smallest absolute Gasteiger partial charge is 0.253 e. The summed E-state index contributed by atoms with van der Waals surface area (Å²) in [6, 6.07) is 13.9. The highest BCUT2D eigenvalue weighted by atomic mass is 35.5. The third-order valence-corrected chi connectivity index (χ3v) is 10.5. The second-order valence-corrected chi connectivity index (χ2v) is 14.5. The fourth-order valence-electron chi connectivity index (χ4n) is 6.10. The maximum Gasteiger partial charge on any atom is 0.253 e. The fraction of sp³-hybridized carbons (Fsp3) is 0.459. The molecular weight excluding hydrogens is 686 g/mol. The van der Waals surface area contributed by atoms with Crippen LogP contribution in [-0.2, 0) is 29.4 Å². The predicted octanol–water partition coefficient (Wildman–Crippen LogP) is 5.49. The van der Waals surface area contributed by atoms with Crippen molar-refractivity contribution in [1.82, 2.24) is 19.8 Å². The van der Waals surface area contributed by atoms with E-state index in [9.17, 15) is 31.9 Å². The molecule has 0 unspecified atom stereocenters. The van der Waals surface area contributed by atoms with Gasteiger partial charge in [0.15, 0.2) is 0 Å². The molecule has 0 aliphatic carbocycles. The van der Waals surface area contributed by atoms with Crippen molar-refractivity contribution in [3.8, 4) is 0 Å². The van der Waals surface area contributed by atoms with Crippen LogP contribution in [0.4, 0.5) is 8.78 Å². The molecule has 9 nitrogen and oxygen atoms in total. The lowest BCUT2D eigenvalue weighted by molar-refractivity contribution is 0.0755. The Morgan fingerprint density at radius 3 is 2.12 bits per heavy atom. The quantitative estimate of drug-likeness (QED) is 0.169. The van der Waals surface area contributed by atoms with Gasteiger partial charge in [-0.25, -0.2) is 17.2 Å². The number of rotatable bonds is 17. The van der Waals surface area contributed by atoms with Gasteiger partial charge < -0.3 is 20.6 Å². The minimum Gasteiger partial charge on any atom is -0.390 e. The molecule has 3 N–H and O–H groups in total. The number of hydrogen-bond acceptors (Lipinski definition) is 6. The van der Waals surface area contributed by atoms with Crippen molar-refractivity contribution < 1.29 is 31.9 Å². The van der Waals surface area contributed by atoms with Crippen LogP contribution in [-0.4, -0.2) is 79.4 Å². The molecule has 1 fully saturated rings. The Kier molecular flexibility index (Phi) is 15.8. The molecule has 3 aromatic carbocycles. The molecule has 1 aliphatic heterocycles. The van der Waals surface area contributed by atoms with Gasteiger partial charge in [0, 0.05) is 56.5 Å². The van der Waals surface area contributed by atoms with E-state index in [2.05, 4.69) is 23.6 Å². The van der Waals surface area contributed by atoms with Crippen LogP contribution >= 0.6 is 12.4 Å². The second-order valence-electron chi connectivity index (χ2n) is 12.6. The van der Waals surface area contributed by atoms with Gasteiger partial charge in [0.05, 0.1) is 17.0 Å². The summed E-state index contributed by atoms with van der Waals surface area (Å²) in [5, 5.41) is 17.3. The fourth-order valence-corrected chi connectivity index (χ4v) is 7.69. The van der Waals surface area contributed by atoms with E-state index < -0.39 is 39.7 Å². The summed E-state index contributed by atoms with van der Waals surface area (Å²) in [4.78, 5) is 29.1. The Hall–Kier alpha value is -3.42. The summed E-state index contributed by atoms with van der Waals surface area (Å²) in [5.74, 6) is -2.72. The largest absolute Gasteiger partial charge is 0.390 e. The van der Waals surface area contributed by atoms with Crippen LogP contribution in [0.5, 0.6) is 0 Å². The molecule has 2 amide bonds. The van der Waals surface area contributed by atoms with Gasteiger partial charge in [-0.3, -0.25) is 9.59 Å². The number of amides is 2. The van der Waals surface area contributed by atoms with E-state index in [1.54, 1.807) is 4.90 Å². The third-order valence-electron chi connectivity index (χ3n) is 8.63. The highest BCUT2D eigenvalue weighted by molar-refractivity contribution is 7.89. The van der Waals surface area contributed by atoms with Crippen LogP contribution in [0.15, 0.2) is 65.6 Å². The van der Waals surface area contributed by atoms with Gasteiger partial charge in [0.1, 0.15) is 11.6 Å². The SMILES string of the molecule is CCCN(CCC)C(=O)c1cc(C(=O)N[C@@H](Cc2cc(F)cc(F)c2)[C@H](O)CNCc2cccc(CC)c2)cc(S(=O)(=O)N2CCCC2)c1.Cl. The lowest BCUT2D eigenvalue weighted by atomic mass is 9.99. The number of hydrogen-bond donors (Lipinski definition) is 3. The highest BCUT2D eigenvalue weighted by Gasteiger charge is 2.31. The molecule has 0 saturated carbocycles. The minimum atomic E-state index is -4.01. The van der Waals surface area contributed by atoms with Crippen LogP contribution in [0.2, 0.25) is 0 Å². The summed E-state index contributed by atoms with van der Waals surface area (Å²) in [5.41, 5.74) is 2.37. The van der Waals surface area contributed by atoms with E-state index in [0.29, 0.717) is 58.4 Å². The van der Waals surface area contributed by atoms with Crippen LogP contribution in [0, 0.1) is 11.6 Å². The normalized spacial score (nSPS) is 14.5. The van der Waals surface area contributed by atoms with E-state index in [1.165, 1.54) is 22.5 Å². The van der Waals surface area contributed by atoms with Gasteiger partial charge in [-0.1, -0.05) is 45.0 Å². The van der Waals surface area contributed by atoms with Gasteiger partial charge in [-0.2, -0.15) is 4.31 Å². The summed E-state index contributed by atoms with van der Waals surface area (Å²) < 4.78 is 57.0. The molecule has 0 radical (unpaired) electrons. The first-order valence-electron chi connectivity index (χ1n) is 17.1. The van der Waals surface area contributed by atoms with Gasteiger partial charge in [-0.05, 0) is 85.5 Å². The van der Waals surface area contributed by atoms with E-state index in [-0.39, 0.29) is 52.9 Å². The average molecular weight is 735 g/mol. The van der Waals surface area contributed by atoms with Crippen molar-refractivity contribution in [2.24, 2.45) is 0 Å². The van der Waals surface area contributed by atoms with E-state index >= 15 is 0 Å². The maximum atomic E-state index is 14.1. The standard InChI is InChI=1S/C37H48F2N4O5S.ClH/c1-4-12-42(13-5-2)37(46)30-20-29(21-33(22-30)49(47,48)43-14-7-8-15-43)36(45)41-34(19-28-17-31(38)23-32(39)18-28)35(44)25-40-24-27-11-9-10-26(6-3)16-27;/h9-11,16-18,20-23,34-35,40,44H,4-8,12-15,19,24-25H2,1-3H3,(H,41,45);1H/t34-,35+;/m0./s1. The number of aliphatic hydroxyl groups excluding tert-OH is 1. The van der Waals surface area contributed by atoms with Crippen molar-refractivity contribution in [2.45, 2.75) is 82.9 Å². The topological polar surface area (TPSA) is 119 Å². The van der Waals surface area contributed by atoms with Crippen molar-refractivity contribution >= 4 is 34.2 Å². The van der Waals surface area contributed by atoms with Gasteiger partial charge >= 0.3 is 0 Å². The second kappa shape index (κ2) is 19.3.